The number of aryl methyl sites for hydroxylation is 1. The maximum Gasteiger partial charge on any atom is 0.224 e. The molecule has 0 aliphatic heterocycles. The van der Waals surface area contributed by atoms with Gasteiger partial charge < -0.3 is 5.32 Å². The van der Waals surface area contributed by atoms with Crippen molar-refractivity contribution in [3.8, 4) is 0 Å². The average Bonchev–Trinajstić information content (AvgIpc) is 2.34. The molecule has 2 aromatic rings. The Bertz CT molecular complexity index is 490. The maximum atomic E-state index is 6.00. The average molecular weight is 249 g/mol. The van der Waals surface area contributed by atoms with Crippen molar-refractivity contribution in [3.05, 3.63) is 46.5 Å². The Morgan fingerprint density at radius 3 is 2.53 bits per heavy atom. The van der Waals surface area contributed by atoms with Crippen LogP contribution in [0.4, 0.5) is 5.95 Å². The van der Waals surface area contributed by atoms with E-state index in [1.54, 1.807) is 12.4 Å². The van der Waals surface area contributed by atoms with E-state index in [4.69, 9.17) is 11.6 Å². The Hall–Kier alpha value is -1.68. The van der Waals surface area contributed by atoms with Crippen molar-refractivity contribution in [2.75, 3.05) is 5.32 Å². The third-order valence-corrected chi connectivity index (χ3v) is 2.90. The molecule has 88 valence electrons. The first kappa shape index (κ1) is 11.8. The predicted octanol–water partition coefficient (Wildman–Crippen LogP) is 2.75. The quantitative estimate of drug-likeness (QED) is 0.849. The highest BCUT2D eigenvalue weighted by atomic mass is 35.5. The number of rotatable bonds is 3. The minimum absolute atomic E-state index is 0.495. The third-order valence-electron chi connectivity index (χ3n) is 2.53. The van der Waals surface area contributed by atoms with Crippen molar-refractivity contribution < 1.29 is 0 Å². The number of aromatic nitrogens is 3. The van der Waals surface area contributed by atoms with Crippen LogP contribution in [0.3, 0.4) is 0 Å². The lowest BCUT2D eigenvalue weighted by molar-refractivity contribution is 1.01. The summed E-state index contributed by atoms with van der Waals surface area (Å²) < 4.78 is 0. The topological polar surface area (TPSA) is 50.7 Å². The van der Waals surface area contributed by atoms with Gasteiger partial charge in [-0.1, -0.05) is 11.6 Å². The zero-order valence-corrected chi connectivity index (χ0v) is 10.5. The van der Waals surface area contributed by atoms with Gasteiger partial charge in [-0.3, -0.25) is 4.98 Å². The van der Waals surface area contributed by atoms with E-state index in [0.717, 1.165) is 16.8 Å². The highest BCUT2D eigenvalue weighted by molar-refractivity contribution is 6.30. The lowest BCUT2D eigenvalue weighted by Gasteiger charge is -2.08. The molecule has 0 bridgehead atoms. The molecule has 4 nitrogen and oxygen atoms in total. The summed E-state index contributed by atoms with van der Waals surface area (Å²) in [4.78, 5) is 12.5. The Morgan fingerprint density at radius 1 is 1.18 bits per heavy atom. The largest absolute Gasteiger partial charge is 0.350 e. The van der Waals surface area contributed by atoms with Crippen molar-refractivity contribution >= 4 is 17.5 Å². The van der Waals surface area contributed by atoms with Gasteiger partial charge in [0, 0.05) is 30.2 Å². The first-order chi connectivity index (χ1) is 8.16. The van der Waals surface area contributed by atoms with Gasteiger partial charge in [-0.25, -0.2) is 9.97 Å². The van der Waals surface area contributed by atoms with Crippen LogP contribution in [0.25, 0.3) is 0 Å². The molecule has 0 amide bonds. The summed E-state index contributed by atoms with van der Waals surface area (Å²) >= 11 is 6.00. The van der Waals surface area contributed by atoms with Crippen LogP contribution in [0.1, 0.15) is 16.8 Å². The molecule has 5 heteroatoms. The zero-order chi connectivity index (χ0) is 12.3. The molecular formula is C12H13ClN4. The molecule has 0 saturated heterocycles. The van der Waals surface area contributed by atoms with Gasteiger partial charge in [0.2, 0.25) is 5.95 Å². The molecule has 0 aliphatic carbocycles. The fraction of sp³-hybridized carbons (Fsp3) is 0.250. The lowest BCUT2D eigenvalue weighted by Crippen LogP contribution is -2.05. The Balaban J connectivity index is 2.10. The van der Waals surface area contributed by atoms with Crippen molar-refractivity contribution in [1.29, 1.82) is 0 Å². The van der Waals surface area contributed by atoms with Crippen LogP contribution in [0.5, 0.6) is 0 Å². The molecule has 2 rings (SSSR count). The Labute approximate surface area is 105 Å². The number of halogens is 1. The summed E-state index contributed by atoms with van der Waals surface area (Å²) in [5.74, 6) is 0.551. The van der Waals surface area contributed by atoms with E-state index in [2.05, 4.69) is 20.3 Å². The van der Waals surface area contributed by atoms with Gasteiger partial charge in [0.15, 0.2) is 0 Å². The number of nitrogens with zero attached hydrogens (tertiary/aromatic N) is 3. The number of hydrogen-bond acceptors (Lipinski definition) is 4. The van der Waals surface area contributed by atoms with Gasteiger partial charge >= 0.3 is 0 Å². The second kappa shape index (κ2) is 5.10. The molecule has 0 aromatic carbocycles. The fourth-order valence-corrected chi connectivity index (χ4v) is 1.57. The molecule has 0 spiro atoms. The van der Waals surface area contributed by atoms with Crippen LogP contribution >= 0.6 is 11.6 Å². The molecule has 2 heterocycles. The molecule has 1 N–H and O–H groups in total. The van der Waals surface area contributed by atoms with Gasteiger partial charge in [-0.2, -0.15) is 0 Å². The molecule has 0 fully saturated rings. The normalized spacial score (nSPS) is 10.3. The molecule has 2 aromatic heterocycles. The first-order valence-electron chi connectivity index (χ1n) is 5.30. The minimum Gasteiger partial charge on any atom is -0.350 e. The summed E-state index contributed by atoms with van der Waals surface area (Å²) in [7, 11) is 0. The number of hydrogen-bond donors (Lipinski definition) is 1. The molecule has 17 heavy (non-hydrogen) atoms. The van der Waals surface area contributed by atoms with E-state index in [-0.39, 0.29) is 0 Å². The van der Waals surface area contributed by atoms with E-state index in [1.165, 1.54) is 0 Å². The van der Waals surface area contributed by atoms with Gasteiger partial charge in [-0.05, 0) is 31.5 Å². The standard InChI is InChI=1S/C12H13ClN4/c1-8-9(2)16-12(17-11(8)13)15-7-10-3-5-14-6-4-10/h3-6H,7H2,1-2H3,(H,15,16,17). The molecule has 0 saturated carbocycles. The van der Waals surface area contributed by atoms with Crippen LogP contribution in [-0.4, -0.2) is 15.0 Å². The van der Waals surface area contributed by atoms with Crippen LogP contribution < -0.4 is 5.32 Å². The molecule has 0 unspecified atom stereocenters. The summed E-state index contributed by atoms with van der Waals surface area (Å²) in [5.41, 5.74) is 2.93. The summed E-state index contributed by atoms with van der Waals surface area (Å²) in [6.07, 6.45) is 3.51. The number of pyridine rings is 1. The van der Waals surface area contributed by atoms with Crippen LogP contribution in [0.15, 0.2) is 24.5 Å². The summed E-state index contributed by atoms with van der Waals surface area (Å²) in [6, 6.07) is 3.88. The third kappa shape index (κ3) is 2.91. The molecular weight excluding hydrogens is 236 g/mol. The lowest BCUT2D eigenvalue weighted by atomic mass is 10.2. The first-order valence-corrected chi connectivity index (χ1v) is 5.68. The molecule has 0 atom stereocenters. The Kier molecular flexibility index (Phi) is 3.54. The second-order valence-corrected chi connectivity index (χ2v) is 4.12. The van der Waals surface area contributed by atoms with Crippen molar-refractivity contribution in [2.24, 2.45) is 0 Å². The minimum atomic E-state index is 0.495. The van der Waals surface area contributed by atoms with Crippen molar-refractivity contribution in [3.63, 3.8) is 0 Å². The zero-order valence-electron chi connectivity index (χ0n) is 9.74. The van der Waals surface area contributed by atoms with E-state index in [9.17, 15) is 0 Å². The number of nitrogens with one attached hydrogen (secondary N) is 1. The van der Waals surface area contributed by atoms with E-state index >= 15 is 0 Å². The highest BCUT2D eigenvalue weighted by Gasteiger charge is 2.05. The van der Waals surface area contributed by atoms with Gasteiger partial charge in [0.05, 0.1) is 0 Å². The van der Waals surface area contributed by atoms with E-state index < -0.39 is 0 Å². The smallest absolute Gasteiger partial charge is 0.224 e. The highest BCUT2D eigenvalue weighted by Crippen LogP contribution is 2.16. The monoisotopic (exact) mass is 248 g/mol. The van der Waals surface area contributed by atoms with E-state index in [1.807, 2.05) is 26.0 Å². The summed E-state index contributed by atoms with van der Waals surface area (Å²) in [6.45, 7) is 4.48. The molecule has 0 aliphatic rings. The fourth-order valence-electron chi connectivity index (χ4n) is 1.35. The van der Waals surface area contributed by atoms with Crippen LogP contribution in [-0.2, 0) is 6.54 Å². The predicted molar refractivity (Wildman–Crippen MR) is 68.1 cm³/mol. The van der Waals surface area contributed by atoms with Gasteiger partial charge in [0.25, 0.3) is 0 Å². The Morgan fingerprint density at radius 2 is 1.88 bits per heavy atom. The van der Waals surface area contributed by atoms with Crippen LogP contribution in [0.2, 0.25) is 5.15 Å². The van der Waals surface area contributed by atoms with E-state index in [0.29, 0.717) is 17.6 Å². The van der Waals surface area contributed by atoms with Crippen molar-refractivity contribution in [1.82, 2.24) is 15.0 Å². The van der Waals surface area contributed by atoms with Gasteiger partial charge in [-0.15, -0.1) is 0 Å². The van der Waals surface area contributed by atoms with Crippen molar-refractivity contribution in [2.45, 2.75) is 20.4 Å². The second-order valence-electron chi connectivity index (χ2n) is 3.76. The van der Waals surface area contributed by atoms with Crippen LogP contribution in [0, 0.1) is 13.8 Å². The maximum absolute atomic E-state index is 6.00. The van der Waals surface area contributed by atoms with Gasteiger partial charge in [0.1, 0.15) is 5.15 Å². The SMILES string of the molecule is Cc1nc(NCc2ccncc2)nc(Cl)c1C. The molecule has 0 radical (unpaired) electrons. The number of anilines is 1. The summed E-state index contributed by atoms with van der Waals surface area (Å²) in [5, 5.41) is 3.63.